The number of rotatable bonds is 12. The average molecular weight is 774 g/mol. The van der Waals surface area contributed by atoms with Crippen molar-refractivity contribution in [3.63, 3.8) is 0 Å². The molecule has 0 amide bonds. The van der Waals surface area contributed by atoms with Gasteiger partial charge in [0.1, 0.15) is 12.5 Å². The zero-order valence-corrected chi connectivity index (χ0v) is 36.5. The molecule has 4 aliphatic rings. The number of allylic oxidation sites excluding steroid dienone is 4. The van der Waals surface area contributed by atoms with E-state index in [4.69, 9.17) is 35.8 Å². The number of aromatic nitrogens is 2. The van der Waals surface area contributed by atoms with Gasteiger partial charge in [0, 0.05) is 12.1 Å². The van der Waals surface area contributed by atoms with Gasteiger partial charge in [-0.25, -0.2) is 0 Å². The molecule has 0 aromatic carbocycles. The number of hydrogen-bond acceptors (Lipinski definition) is 6. The summed E-state index contributed by atoms with van der Waals surface area (Å²) in [5.74, 6) is -1.37. The molecule has 3 N–H and O–H groups in total. The van der Waals surface area contributed by atoms with Gasteiger partial charge in [-0.1, -0.05) is 92.6 Å². The number of carbonyl (C=O) groups is 2. The number of nitrogens with zero attached hydrogens (tertiary/aromatic N) is 4. The molecule has 1 fully saturated rings. The van der Waals surface area contributed by atoms with E-state index in [1.54, 1.807) is 0 Å². The molecular weight excluding hydrogens is 715 g/mol. The Kier molecular flexibility index (Phi) is 13.9. The van der Waals surface area contributed by atoms with Gasteiger partial charge in [0.15, 0.2) is 0 Å². The summed E-state index contributed by atoms with van der Waals surface area (Å²) in [5, 5.41) is 23.6. The number of aliphatic hydroxyl groups is 1. The number of hydrogen-bond donors (Lipinski definition) is 2. The van der Waals surface area contributed by atoms with Crippen LogP contribution in [-0.2, 0) is 25.5 Å². The third-order valence-corrected chi connectivity index (χ3v) is 12.5. The maximum absolute atomic E-state index is 13.6. The predicted octanol–water partition coefficient (Wildman–Crippen LogP) is 6.53. The van der Waals surface area contributed by atoms with E-state index in [2.05, 4.69) is 67.5 Å². The van der Waals surface area contributed by atoms with Gasteiger partial charge in [0.05, 0.1) is 13.2 Å². The zero-order valence-electron chi connectivity index (χ0n) is 35.1. The summed E-state index contributed by atoms with van der Waals surface area (Å²) in [6.07, 6.45) is 10.5. The summed E-state index contributed by atoms with van der Waals surface area (Å²) in [4.78, 5) is 37.1. The molecule has 6 atom stereocenters. The molecule has 1 saturated heterocycles. The Labute approximate surface area is 348 Å². The van der Waals surface area contributed by atoms with E-state index in [-0.39, 0.29) is 59.8 Å². The van der Waals surface area contributed by atoms with Crippen molar-refractivity contribution in [2.45, 2.75) is 119 Å². The Hall–Kier alpha value is -3.67. The van der Waals surface area contributed by atoms with E-state index in [9.17, 15) is 14.7 Å². The first-order chi connectivity index (χ1) is 26.2. The normalized spacial score (nSPS) is 27.0. The number of carbonyl (C=O) groups excluding carboxylic acids is 2. The van der Waals surface area contributed by atoms with Crippen LogP contribution in [0, 0.1) is 43.4 Å². The fraction of sp³-hybridized carbons (Fsp3) is 0.556. The quantitative estimate of drug-likeness (QED) is 0.140. The van der Waals surface area contributed by atoms with Crippen LogP contribution in [0.3, 0.4) is 0 Å². The molecular formula is C45H59MgN5O5-2. The third kappa shape index (κ3) is 8.05. The van der Waals surface area contributed by atoms with Gasteiger partial charge in [-0.3, -0.25) is 9.59 Å². The van der Waals surface area contributed by atoms with Crippen molar-refractivity contribution in [1.29, 1.82) is 0 Å². The second kappa shape index (κ2) is 17.9. The number of esters is 2. The van der Waals surface area contributed by atoms with Crippen LogP contribution in [0.25, 0.3) is 28.0 Å². The van der Waals surface area contributed by atoms with Crippen molar-refractivity contribution < 1.29 is 24.2 Å². The number of methoxy groups -OCH3 is 1. The minimum absolute atomic E-state index is 0. The molecule has 56 heavy (non-hydrogen) atoms. The second-order valence-corrected chi connectivity index (χ2v) is 16.3. The smallest absolute Gasteiger partial charge is 0.681 e. The van der Waals surface area contributed by atoms with Gasteiger partial charge < -0.3 is 40.9 Å². The van der Waals surface area contributed by atoms with Gasteiger partial charge in [0.2, 0.25) is 0 Å². The van der Waals surface area contributed by atoms with Crippen molar-refractivity contribution in [1.82, 2.24) is 9.97 Å². The fourth-order valence-corrected chi connectivity index (χ4v) is 9.16. The Morgan fingerprint density at radius 2 is 1.77 bits per heavy atom. The second-order valence-electron chi connectivity index (χ2n) is 16.3. The molecule has 10 nitrogen and oxygen atoms in total. The fourth-order valence-electron chi connectivity index (χ4n) is 9.16. The van der Waals surface area contributed by atoms with Gasteiger partial charge in [-0.2, -0.15) is 11.4 Å². The summed E-state index contributed by atoms with van der Waals surface area (Å²) in [5.41, 5.74) is 17.9. The van der Waals surface area contributed by atoms with Gasteiger partial charge in [-0.15, -0.1) is 27.8 Å². The first-order valence-corrected chi connectivity index (χ1v) is 20.2. The van der Waals surface area contributed by atoms with Crippen molar-refractivity contribution in [2.24, 2.45) is 35.3 Å². The number of fused-ring (bicyclic) bond motifs is 8. The zero-order chi connectivity index (χ0) is 39.9. The first kappa shape index (κ1) is 43.4. The monoisotopic (exact) mass is 773 g/mol. The number of nitrogens with two attached hydrogens (primary N) is 1. The summed E-state index contributed by atoms with van der Waals surface area (Å²) < 4.78 is 11.0. The first-order valence-electron chi connectivity index (χ1n) is 20.2. The van der Waals surface area contributed by atoms with Gasteiger partial charge >= 0.3 is 35.0 Å². The summed E-state index contributed by atoms with van der Waals surface area (Å²) in [6, 6.07) is -0.565. The molecule has 2 aromatic heterocycles. The van der Waals surface area contributed by atoms with Crippen LogP contribution in [0.15, 0.2) is 40.4 Å². The molecule has 0 saturated carbocycles. The third-order valence-electron chi connectivity index (χ3n) is 12.5. The molecule has 8 bridgehead atoms. The van der Waals surface area contributed by atoms with E-state index in [1.165, 1.54) is 19.1 Å². The van der Waals surface area contributed by atoms with Crippen molar-refractivity contribution >= 4 is 52.3 Å². The Balaban J connectivity index is 0.00000600. The Morgan fingerprint density at radius 3 is 2.43 bits per heavy atom. The molecule has 1 aliphatic carbocycles. The number of aliphatic hydroxyl groups excluding tert-OH is 1. The van der Waals surface area contributed by atoms with Crippen LogP contribution in [0.4, 0.5) is 0 Å². The van der Waals surface area contributed by atoms with Crippen LogP contribution in [0.5, 0.6) is 0 Å². The molecule has 0 spiro atoms. The van der Waals surface area contributed by atoms with Gasteiger partial charge in [0.25, 0.3) is 0 Å². The van der Waals surface area contributed by atoms with Crippen LogP contribution in [0.2, 0.25) is 0 Å². The molecule has 11 heteroatoms. The summed E-state index contributed by atoms with van der Waals surface area (Å²) in [7, 11) is 1.33. The maximum Gasteiger partial charge on any atom is 2.00 e. The van der Waals surface area contributed by atoms with Crippen molar-refractivity contribution in [3.05, 3.63) is 95.4 Å². The van der Waals surface area contributed by atoms with Crippen molar-refractivity contribution in [2.75, 3.05) is 13.7 Å². The van der Waals surface area contributed by atoms with Crippen LogP contribution < -0.4 is 26.4 Å². The predicted molar refractivity (Wildman–Crippen MR) is 222 cm³/mol. The van der Waals surface area contributed by atoms with E-state index < -0.39 is 24.0 Å². The summed E-state index contributed by atoms with van der Waals surface area (Å²) in [6.45, 7) is 19.2. The van der Waals surface area contributed by atoms with E-state index in [1.807, 2.05) is 13.0 Å². The van der Waals surface area contributed by atoms with Crippen molar-refractivity contribution in [3.8, 4) is 0 Å². The minimum atomic E-state index is -1.20. The molecule has 1 unspecified atom stereocenters. The Morgan fingerprint density at radius 1 is 1.04 bits per heavy atom. The molecule has 6 rings (SSSR count). The molecule has 3 aliphatic heterocycles. The summed E-state index contributed by atoms with van der Waals surface area (Å²) >= 11 is 0. The van der Waals surface area contributed by atoms with E-state index in [0.717, 1.165) is 65.2 Å². The topological polar surface area (TPSA) is 155 Å². The minimum Gasteiger partial charge on any atom is -0.681 e. The van der Waals surface area contributed by atoms with E-state index in [0.29, 0.717) is 51.1 Å². The largest absolute Gasteiger partial charge is 2.00 e. The Bertz CT molecular complexity index is 2100. The van der Waals surface area contributed by atoms with Crippen LogP contribution >= 0.6 is 0 Å². The maximum atomic E-state index is 13.6. The standard InChI is InChI=1S/C45H59N5O5.Mg/c1-11-28-24(6)31-20-32-26(8)30(16-17-35(51)55-19-18-23(5)15-13-14-22(3)4)41(48-32)37-38(45(53)54-10)44(52)36-27(9)40(50-43(36)37)39(46)42-29(12-2)25(7)33(49-42)21-34(28)47-31;/h18,20-22,26,28,30,38,41,44,52H,11-17,19,46H2,1-10H3;/q-4;+2/b23-18+,32-20-,34-21-,40-39+;/t26-,28+,30-,38+,41?,44-;/m0./s1. The molecule has 5 heterocycles. The average Bonchev–Trinajstić information content (AvgIpc) is 3.90. The molecule has 298 valence electrons. The molecule has 0 radical (unpaired) electrons. The van der Waals surface area contributed by atoms with Crippen LogP contribution in [-0.4, -0.2) is 59.9 Å². The van der Waals surface area contributed by atoms with E-state index >= 15 is 0 Å². The number of ether oxygens (including phenoxy) is 2. The van der Waals surface area contributed by atoms with Gasteiger partial charge in [-0.05, 0) is 95.1 Å². The van der Waals surface area contributed by atoms with Crippen LogP contribution in [0.1, 0.15) is 127 Å². The molecule has 2 aromatic rings. The SMILES string of the molecule is CCc1c2[n-]c(c1C)/C=C1\[N-]C(=C(C)[C@H]1CC)/C=C1\[N-]C(C3=c4[n-]/c(c(C)c4[C@H](O)[C@@H]3C(=O)OC)=C\2N)[C@@H](CCC(=O)OC/C=C(\C)CCCC(C)C)[C@@H]1C.[Mg+2].